The molecular weight excluding hydrogens is 231 g/mol. The molecule has 0 fully saturated rings. The van der Waals surface area contributed by atoms with Crippen LogP contribution < -0.4 is 0 Å². The molecule has 6 heteroatoms. The molecule has 92 valence electrons. The SMILES string of the molecule is C=O.CC.Cc1c(F)c(F)c(F)c(F)c1F. The maximum Gasteiger partial charge on any atom is 0.200 e. The Labute approximate surface area is 89.9 Å². The summed E-state index contributed by atoms with van der Waals surface area (Å²) in [6, 6.07) is 0. The summed E-state index contributed by atoms with van der Waals surface area (Å²) < 4.78 is 61.6. The Morgan fingerprint density at radius 3 is 1.12 bits per heavy atom. The lowest BCUT2D eigenvalue weighted by molar-refractivity contribution is -0.0979. The highest BCUT2D eigenvalue weighted by Crippen LogP contribution is 2.21. The molecule has 1 aromatic rings. The fraction of sp³-hybridized carbons (Fsp3) is 0.300. The van der Waals surface area contributed by atoms with E-state index < -0.39 is 34.6 Å². The lowest BCUT2D eigenvalue weighted by atomic mass is 10.2. The van der Waals surface area contributed by atoms with Crippen LogP contribution in [0.2, 0.25) is 0 Å². The molecule has 1 aromatic carbocycles. The molecular formula is C10H11F5O. The van der Waals surface area contributed by atoms with Crippen molar-refractivity contribution < 1.29 is 26.7 Å². The minimum Gasteiger partial charge on any atom is -0.307 e. The lowest BCUT2D eigenvalue weighted by Gasteiger charge is -2.02. The van der Waals surface area contributed by atoms with Gasteiger partial charge in [0.1, 0.15) is 6.79 Å². The Hall–Kier alpha value is -1.46. The van der Waals surface area contributed by atoms with Gasteiger partial charge in [-0.2, -0.15) is 0 Å². The molecule has 1 nitrogen and oxygen atoms in total. The quantitative estimate of drug-likeness (QED) is 0.386. The van der Waals surface area contributed by atoms with E-state index in [1.807, 2.05) is 20.6 Å². The number of carbonyl (C=O) groups excluding carboxylic acids is 1. The summed E-state index contributed by atoms with van der Waals surface area (Å²) in [7, 11) is 0. The second-order valence-corrected chi connectivity index (χ2v) is 2.19. The van der Waals surface area contributed by atoms with E-state index in [0.29, 0.717) is 0 Å². The highest BCUT2D eigenvalue weighted by molar-refractivity contribution is 5.22. The van der Waals surface area contributed by atoms with E-state index in [1.54, 1.807) is 0 Å². The average molecular weight is 242 g/mol. The zero-order chi connectivity index (χ0) is 13.5. The summed E-state index contributed by atoms with van der Waals surface area (Å²) in [5, 5.41) is 0. The first-order valence-corrected chi connectivity index (χ1v) is 4.23. The smallest absolute Gasteiger partial charge is 0.200 e. The van der Waals surface area contributed by atoms with Crippen molar-refractivity contribution in [3.05, 3.63) is 34.6 Å². The second kappa shape index (κ2) is 7.78. The molecule has 0 aliphatic rings. The number of benzene rings is 1. The van der Waals surface area contributed by atoms with E-state index in [-0.39, 0.29) is 0 Å². The largest absolute Gasteiger partial charge is 0.307 e. The zero-order valence-electron chi connectivity index (χ0n) is 9.01. The van der Waals surface area contributed by atoms with E-state index in [4.69, 9.17) is 4.79 Å². The Bertz CT molecular complexity index is 247. The molecule has 0 heterocycles. The third kappa shape index (κ3) is 3.29. The molecule has 0 radical (unpaired) electrons. The minimum absolute atomic E-state index is 0.816. The Kier molecular flexibility index (Phi) is 8.25. The van der Waals surface area contributed by atoms with Crippen molar-refractivity contribution in [2.75, 3.05) is 0 Å². The Morgan fingerprint density at radius 2 is 0.875 bits per heavy atom. The molecule has 0 saturated heterocycles. The predicted molar refractivity (Wildman–Crippen MR) is 49.4 cm³/mol. The third-order valence-electron chi connectivity index (χ3n) is 1.43. The van der Waals surface area contributed by atoms with Gasteiger partial charge < -0.3 is 4.79 Å². The summed E-state index contributed by atoms with van der Waals surface area (Å²) >= 11 is 0. The van der Waals surface area contributed by atoms with Crippen LogP contribution in [0.25, 0.3) is 0 Å². The van der Waals surface area contributed by atoms with Crippen LogP contribution in [0.5, 0.6) is 0 Å². The summed E-state index contributed by atoms with van der Waals surface area (Å²) in [6.45, 7) is 6.82. The predicted octanol–water partition coefficient (Wildman–Crippen LogP) is 3.53. The number of carbonyl (C=O) groups is 1. The van der Waals surface area contributed by atoms with Gasteiger partial charge in [-0.1, -0.05) is 13.8 Å². The van der Waals surface area contributed by atoms with E-state index in [9.17, 15) is 22.0 Å². The molecule has 0 amide bonds. The number of halogens is 5. The van der Waals surface area contributed by atoms with E-state index in [1.165, 1.54) is 0 Å². The molecule has 0 spiro atoms. The van der Waals surface area contributed by atoms with Crippen LogP contribution in [0, 0.1) is 36.0 Å². The number of rotatable bonds is 0. The Morgan fingerprint density at radius 1 is 0.688 bits per heavy atom. The van der Waals surface area contributed by atoms with E-state index >= 15 is 0 Å². The van der Waals surface area contributed by atoms with Crippen LogP contribution in [-0.2, 0) is 4.79 Å². The van der Waals surface area contributed by atoms with E-state index in [0.717, 1.165) is 6.92 Å². The van der Waals surface area contributed by atoms with Gasteiger partial charge in [-0.25, -0.2) is 22.0 Å². The summed E-state index contributed by atoms with van der Waals surface area (Å²) in [6.07, 6.45) is 0. The van der Waals surface area contributed by atoms with Gasteiger partial charge in [0.2, 0.25) is 5.82 Å². The normalized spacial score (nSPS) is 8.50. The van der Waals surface area contributed by atoms with Crippen LogP contribution in [0.4, 0.5) is 22.0 Å². The number of hydrogen-bond acceptors (Lipinski definition) is 1. The topological polar surface area (TPSA) is 17.1 Å². The highest BCUT2D eigenvalue weighted by Gasteiger charge is 2.22. The van der Waals surface area contributed by atoms with Crippen LogP contribution in [-0.4, -0.2) is 6.79 Å². The van der Waals surface area contributed by atoms with Crippen molar-refractivity contribution in [2.45, 2.75) is 20.8 Å². The van der Waals surface area contributed by atoms with Crippen LogP contribution in [0.3, 0.4) is 0 Å². The molecule has 0 aliphatic carbocycles. The molecule has 0 aliphatic heterocycles. The van der Waals surface area contributed by atoms with Gasteiger partial charge in [-0.3, -0.25) is 0 Å². The number of hydrogen-bond donors (Lipinski definition) is 0. The molecule has 0 aromatic heterocycles. The summed E-state index contributed by atoms with van der Waals surface area (Å²) in [4.78, 5) is 8.00. The molecule has 0 bridgehead atoms. The first kappa shape index (κ1) is 17.0. The second-order valence-electron chi connectivity index (χ2n) is 2.19. The highest BCUT2D eigenvalue weighted by atomic mass is 19.2. The molecule has 0 saturated carbocycles. The lowest BCUT2D eigenvalue weighted by Crippen LogP contribution is -2.03. The van der Waals surface area contributed by atoms with Gasteiger partial charge in [0.15, 0.2) is 23.3 Å². The van der Waals surface area contributed by atoms with Crippen LogP contribution in [0.15, 0.2) is 0 Å². The maximum absolute atomic E-state index is 12.4. The molecule has 16 heavy (non-hydrogen) atoms. The first-order valence-electron chi connectivity index (χ1n) is 4.23. The van der Waals surface area contributed by atoms with Crippen LogP contribution in [0.1, 0.15) is 19.4 Å². The standard InChI is InChI=1S/C7H3F5.C2H6.CH2O/c1-2-3(8)5(10)7(12)6(11)4(2)9;2*1-2/h1H3;1-2H3;1H2. The molecule has 1 rings (SSSR count). The fourth-order valence-electron chi connectivity index (χ4n) is 0.715. The van der Waals surface area contributed by atoms with Crippen molar-refractivity contribution in [3.63, 3.8) is 0 Å². The maximum atomic E-state index is 12.4. The van der Waals surface area contributed by atoms with Crippen molar-refractivity contribution in [1.82, 2.24) is 0 Å². The van der Waals surface area contributed by atoms with Gasteiger partial charge in [-0.15, -0.1) is 0 Å². The van der Waals surface area contributed by atoms with Gasteiger partial charge in [0, 0.05) is 5.56 Å². The van der Waals surface area contributed by atoms with Gasteiger partial charge in [0.25, 0.3) is 0 Å². The van der Waals surface area contributed by atoms with Gasteiger partial charge >= 0.3 is 0 Å². The molecule has 0 atom stereocenters. The van der Waals surface area contributed by atoms with Crippen molar-refractivity contribution in [3.8, 4) is 0 Å². The van der Waals surface area contributed by atoms with Gasteiger partial charge in [0.05, 0.1) is 0 Å². The Balaban J connectivity index is 0. The monoisotopic (exact) mass is 242 g/mol. The van der Waals surface area contributed by atoms with E-state index in [2.05, 4.69) is 0 Å². The zero-order valence-corrected chi connectivity index (χ0v) is 9.01. The van der Waals surface area contributed by atoms with Gasteiger partial charge in [-0.05, 0) is 6.92 Å². The third-order valence-corrected chi connectivity index (χ3v) is 1.43. The summed E-state index contributed by atoms with van der Waals surface area (Å²) in [5.41, 5.74) is -0.869. The summed E-state index contributed by atoms with van der Waals surface area (Å²) in [5.74, 6) is -9.52. The van der Waals surface area contributed by atoms with Crippen LogP contribution >= 0.6 is 0 Å². The first-order chi connectivity index (χ1) is 7.46. The fourth-order valence-corrected chi connectivity index (χ4v) is 0.715. The average Bonchev–Trinajstić information content (AvgIpc) is 2.36. The van der Waals surface area contributed by atoms with Crippen molar-refractivity contribution >= 4 is 6.79 Å². The minimum atomic E-state index is -2.13. The molecule has 0 unspecified atom stereocenters. The molecule has 0 N–H and O–H groups in total. The van der Waals surface area contributed by atoms with Crippen molar-refractivity contribution in [2.24, 2.45) is 0 Å². The van der Waals surface area contributed by atoms with Crippen molar-refractivity contribution in [1.29, 1.82) is 0 Å².